The smallest absolute Gasteiger partial charge is 0.416 e. The Kier molecular flexibility index (Phi) is 5.13. The van der Waals surface area contributed by atoms with E-state index in [2.05, 4.69) is 20.6 Å². The first-order valence-corrected chi connectivity index (χ1v) is 8.58. The lowest BCUT2D eigenvalue weighted by Crippen LogP contribution is -2.14. The van der Waals surface area contributed by atoms with Gasteiger partial charge >= 0.3 is 6.18 Å². The van der Waals surface area contributed by atoms with Gasteiger partial charge in [-0.25, -0.2) is 4.68 Å². The van der Waals surface area contributed by atoms with Gasteiger partial charge in [-0.2, -0.15) is 18.3 Å². The normalized spacial score (nSPS) is 11.4. The molecule has 0 aliphatic rings. The van der Waals surface area contributed by atoms with Crippen molar-refractivity contribution in [3.05, 3.63) is 46.7 Å². The highest BCUT2D eigenvalue weighted by Crippen LogP contribution is 2.31. The summed E-state index contributed by atoms with van der Waals surface area (Å²) in [5.74, 6) is -0.485. The van der Waals surface area contributed by atoms with Crippen molar-refractivity contribution in [1.29, 1.82) is 0 Å². The largest absolute Gasteiger partial charge is 0.493 e. The van der Waals surface area contributed by atoms with Crippen LogP contribution >= 0.6 is 11.3 Å². The number of hydrogen-bond acceptors (Lipinski definition) is 6. The maximum absolute atomic E-state index is 12.9. The van der Waals surface area contributed by atoms with Crippen molar-refractivity contribution in [2.45, 2.75) is 19.5 Å². The second kappa shape index (κ2) is 7.35. The summed E-state index contributed by atoms with van der Waals surface area (Å²) in [6.07, 6.45) is -2.47. The monoisotopic (exact) mass is 397 g/mol. The predicted octanol–water partition coefficient (Wildman–Crippen LogP) is 3.57. The molecule has 0 unspecified atom stereocenters. The number of amides is 1. The minimum Gasteiger partial charge on any atom is -0.493 e. The van der Waals surface area contributed by atoms with Crippen LogP contribution in [-0.2, 0) is 12.6 Å². The van der Waals surface area contributed by atoms with Crippen LogP contribution in [0.1, 0.15) is 28.0 Å². The number of carbonyl (C=O) groups is 1. The summed E-state index contributed by atoms with van der Waals surface area (Å²) in [6.45, 7) is 1.91. The van der Waals surface area contributed by atoms with Crippen LogP contribution in [0.4, 0.5) is 18.3 Å². The molecule has 27 heavy (non-hydrogen) atoms. The molecule has 0 radical (unpaired) electrons. The molecule has 2 heterocycles. The fraction of sp³-hybridized carbons (Fsp3) is 0.250. The molecule has 3 rings (SSSR count). The lowest BCUT2D eigenvalue weighted by Gasteiger charge is -2.08. The minimum atomic E-state index is -4.48. The molecule has 1 N–H and O–H groups in total. The zero-order valence-electron chi connectivity index (χ0n) is 14.2. The first kappa shape index (κ1) is 18.8. The number of methoxy groups -OCH3 is 1. The maximum atomic E-state index is 12.9. The van der Waals surface area contributed by atoms with Gasteiger partial charge in [0.1, 0.15) is 5.01 Å². The number of rotatable bonds is 5. The van der Waals surface area contributed by atoms with Gasteiger partial charge in [-0.1, -0.05) is 24.3 Å². The number of nitrogens with one attached hydrogen (secondary N) is 1. The standard InChI is InChI=1S/C16H14F3N5O2S/c1-3-12-21-22-15(27-12)20-14(25)13-11(26-2)8-24(23-13)10-6-4-5-9(7-10)16(17,18)19/h4-8H,3H2,1-2H3,(H,20,22,25). The summed E-state index contributed by atoms with van der Waals surface area (Å²) >= 11 is 1.22. The van der Waals surface area contributed by atoms with Crippen molar-refractivity contribution in [3.63, 3.8) is 0 Å². The third-order valence-corrected chi connectivity index (χ3v) is 4.53. The molecular formula is C16H14F3N5O2S. The molecule has 7 nitrogen and oxygen atoms in total. The Balaban J connectivity index is 1.90. The van der Waals surface area contributed by atoms with Gasteiger partial charge in [0, 0.05) is 0 Å². The summed E-state index contributed by atoms with van der Waals surface area (Å²) < 4.78 is 45.0. The summed E-state index contributed by atoms with van der Waals surface area (Å²) in [5.41, 5.74) is -0.754. The Morgan fingerprint density at radius 2 is 2.11 bits per heavy atom. The molecule has 0 atom stereocenters. The first-order valence-electron chi connectivity index (χ1n) is 7.77. The van der Waals surface area contributed by atoms with E-state index in [0.29, 0.717) is 11.6 Å². The number of carbonyl (C=O) groups excluding carboxylic acids is 1. The Bertz CT molecular complexity index is 967. The van der Waals surface area contributed by atoms with E-state index in [4.69, 9.17) is 4.74 Å². The molecular weight excluding hydrogens is 383 g/mol. The summed E-state index contributed by atoms with van der Waals surface area (Å²) in [5, 5.41) is 15.4. The number of alkyl halides is 3. The van der Waals surface area contributed by atoms with Gasteiger partial charge in [0.2, 0.25) is 5.13 Å². The molecule has 1 amide bonds. The summed E-state index contributed by atoms with van der Waals surface area (Å²) in [6, 6.07) is 4.60. The maximum Gasteiger partial charge on any atom is 0.416 e. The SMILES string of the molecule is CCc1nnc(NC(=O)c2nn(-c3cccc(C(F)(F)F)c3)cc2OC)s1. The van der Waals surface area contributed by atoms with Crippen molar-refractivity contribution in [1.82, 2.24) is 20.0 Å². The molecule has 1 aromatic carbocycles. The van der Waals surface area contributed by atoms with E-state index in [9.17, 15) is 18.0 Å². The predicted molar refractivity (Wildman–Crippen MR) is 92.4 cm³/mol. The van der Waals surface area contributed by atoms with Gasteiger partial charge in [0.15, 0.2) is 11.4 Å². The number of hydrogen-bond donors (Lipinski definition) is 1. The van der Waals surface area contributed by atoms with Crippen LogP contribution in [-0.4, -0.2) is 33.0 Å². The van der Waals surface area contributed by atoms with Crippen LogP contribution in [0.2, 0.25) is 0 Å². The van der Waals surface area contributed by atoms with E-state index in [1.165, 1.54) is 36.8 Å². The van der Waals surface area contributed by atoms with E-state index in [0.717, 1.165) is 21.8 Å². The van der Waals surface area contributed by atoms with Crippen molar-refractivity contribution >= 4 is 22.4 Å². The second-order valence-electron chi connectivity index (χ2n) is 5.35. The molecule has 2 aromatic heterocycles. The molecule has 0 saturated heterocycles. The third-order valence-electron chi connectivity index (χ3n) is 3.54. The van der Waals surface area contributed by atoms with E-state index >= 15 is 0 Å². The van der Waals surface area contributed by atoms with Crippen molar-refractivity contribution in [3.8, 4) is 11.4 Å². The van der Waals surface area contributed by atoms with Crippen LogP contribution in [0.3, 0.4) is 0 Å². The highest BCUT2D eigenvalue weighted by atomic mass is 32.1. The molecule has 0 spiro atoms. The van der Waals surface area contributed by atoms with Crippen LogP contribution in [0, 0.1) is 0 Å². The molecule has 0 aliphatic heterocycles. The highest BCUT2D eigenvalue weighted by Gasteiger charge is 2.30. The number of ether oxygens (including phenoxy) is 1. The van der Waals surface area contributed by atoms with Gasteiger partial charge in [-0.15, -0.1) is 10.2 Å². The third kappa shape index (κ3) is 4.08. The highest BCUT2D eigenvalue weighted by molar-refractivity contribution is 7.15. The van der Waals surface area contributed by atoms with Gasteiger partial charge in [0.25, 0.3) is 5.91 Å². The molecule has 3 aromatic rings. The number of aromatic nitrogens is 4. The van der Waals surface area contributed by atoms with Gasteiger partial charge in [0.05, 0.1) is 24.6 Å². The van der Waals surface area contributed by atoms with E-state index < -0.39 is 17.6 Å². The zero-order chi connectivity index (χ0) is 19.6. The van der Waals surface area contributed by atoms with Crippen molar-refractivity contribution < 1.29 is 22.7 Å². The summed E-state index contributed by atoms with van der Waals surface area (Å²) in [4.78, 5) is 12.5. The Morgan fingerprint density at radius 3 is 2.74 bits per heavy atom. The molecule has 0 fully saturated rings. The molecule has 0 saturated carbocycles. The van der Waals surface area contributed by atoms with Crippen LogP contribution in [0.25, 0.3) is 5.69 Å². The lowest BCUT2D eigenvalue weighted by atomic mass is 10.2. The number of benzene rings is 1. The Hall–Kier alpha value is -2.95. The van der Waals surface area contributed by atoms with E-state index in [1.54, 1.807) is 0 Å². The fourth-order valence-corrected chi connectivity index (χ4v) is 2.90. The fourth-order valence-electron chi connectivity index (χ4n) is 2.23. The van der Waals surface area contributed by atoms with Crippen molar-refractivity contribution in [2.75, 3.05) is 12.4 Å². The molecule has 11 heteroatoms. The molecule has 0 bridgehead atoms. The summed E-state index contributed by atoms with van der Waals surface area (Å²) in [7, 11) is 1.34. The number of halogens is 3. The van der Waals surface area contributed by atoms with E-state index in [1.807, 2.05) is 6.92 Å². The molecule has 0 aliphatic carbocycles. The van der Waals surface area contributed by atoms with Crippen molar-refractivity contribution in [2.24, 2.45) is 0 Å². The Labute approximate surface area is 155 Å². The quantitative estimate of drug-likeness (QED) is 0.712. The average molecular weight is 397 g/mol. The van der Waals surface area contributed by atoms with Crippen LogP contribution < -0.4 is 10.1 Å². The zero-order valence-corrected chi connectivity index (χ0v) is 15.1. The van der Waals surface area contributed by atoms with Gasteiger partial charge < -0.3 is 4.74 Å². The first-order chi connectivity index (χ1) is 12.8. The lowest BCUT2D eigenvalue weighted by molar-refractivity contribution is -0.137. The Morgan fingerprint density at radius 1 is 1.33 bits per heavy atom. The minimum absolute atomic E-state index is 0.0804. The second-order valence-corrected chi connectivity index (χ2v) is 6.41. The number of anilines is 1. The van der Waals surface area contributed by atoms with Crippen LogP contribution in [0.5, 0.6) is 5.75 Å². The van der Waals surface area contributed by atoms with Gasteiger partial charge in [-0.3, -0.25) is 10.1 Å². The number of nitrogens with zero attached hydrogens (tertiary/aromatic N) is 4. The van der Waals surface area contributed by atoms with Gasteiger partial charge in [-0.05, 0) is 24.6 Å². The van der Waals surface area contributed by atoms with Crippen LogP contribution in [0.15, 0.2) is 30.5 Å². The topological polar surface area (TPSA) is 81.9 Å². The van der Waals surface area contributed by atoms with E-state index in [-0.39, 0.29) is 17.1 Å². The number of aryl methyl sites for hydroxylation is 1. The molecule has 142 valence electrons. The average Bonchev–Trinajstić information content (AvgIpc) is 3.27.